The van der Waals surface area contributed by atoms with Crippen LogP contribution >= 0.6 is 0 Å². The predicted molar refractivity (Wildman–Crippen MR) is 115 cm³/mol. The number of carbonyl (C=O) groups is 5. The van der Waals surface area contributed by atoms with E-state index < -0.39 is 30.2 Å². The molecule has 0 saturated carbocycles. The first kappa shape index (κ1) is 21.1. The zero-order valence-corrected chi connectivity index (χ0v) is 17.5. The van der Waals surface area contributed by atoms with Crippen LogP contribution in [0.25, 0.3) is 0 Å². The molecule has 0 saturated heterocycles. The summed E-state index contributed by atoms with van der Waals surface area (Å²) >= 11 is 0. The second-order valence-corrected chi connectivity index (χ2v) is 7.58. The molecule has 3 heterocycles. The maximum absolute atomic E-state index is 12.7. The van der Waals surface area contributed by atoms with Crippen LogP contribution in [0.2, 0.25) is 0 Å². The Kier molecular flexibility index (Phi) is 5.17. The number of carbonyl (C=O) groups excluding carboxylic acids is 5. The number of fused-ring (bicyclic) bond motifs is 2. The zero-order chi connectivity index (χ0) is 23.8. The first-order valence-corrected chi connectivity index (χ1v) is 10.2. The highest BCUT2D eigenvalue weighted by atomic mass is 16.5. The van der Waals surface area contributed by atoms with Gasteiger partial charge in [0.2, 0.25) is 0 Å². The number of ether oxygens (including phenoxy) is 2. The summed E-state index contributed by atoms with van der Waals surface area (Å²) in [6.07, 6.45) is 1.44. The quantitative estimate of drug-likeness (QED) is 0.337. The molecule has 3 amide bonds. The van der Waals surface area contributed by atoms with Crippen LogP contribution in [0.5, 0.6) is 5.75 Å². The Balaban J connectivity index is 1.26. The van der Waals surface area contributed by atoms with Crippen LogP contribution in [0.1, 0.15) is 47.2 Å². The number of furan rings is 1. The molecule has 2 aliphatic heterocycles. The van der Waals surface area contributed by atoms with Crippen LogP contribution in [0.15, 0.2) is 59.2 Å². The molecule has 0 atom stereocenters. The van der Waals surface area contributed by atoms with Crippen LogP contribution in [0.4, 0.5) is 5.69 Å². The van der Waals surface area contributed by atoms with Gasteiger partial charge in [0, 0.05) is 5.56 Å². The molecule has 0 aliphatic carbocycles. The van der Waals surface area contributed by atoms with E-state index in [2.05, 4.69) is 5.32 Å². The standard InChI is InChI=1S/C24H16N2O8/c27-19(13-4-6-20-18(9-13)25-21(28)12-33-20)11-34-24(31)14-3-5-16-17(8-14)23(30)26(22(16)29)10-15-2-1-7-32-15/h1-9H,10-12H2,(H,25,28). The molecule has 10 heteroatoms. The van der Waals surface area contributed by atoms with Gasteiger partial charge in [0.15, 0.2) is 19.0 Å². The van der Waals surface area contributed by atoms with Gasteiger partial charge in [0.1, 0.15) is 11.5 Å². The molecular weight excluding hydrogens is 444 g/mol. The molecule has 0 bridgehead atoms. The molecular formula is C24H16N2O8. The fourth-order valence-electron chi connectivity index (χ4n) is 3.67. The number of ketones is 1. The normalized spacial score (nSPS) is 14.2. The van der Waals surface area contributed by atoms with Crippen molar-refractivity contribution < 1.29 is 37.9 Å². The van der Waals surface area contributed by atoms with Crippen LogP contribution in [0.3, 0.4) is 0 Å². The summed E-state index contributed by atoms with van der Waals surface area (Å²) in [7, 11) is 0. The van der Waals surface area contributed by atoms with E-state index in [1.165, 1.54) is 36.6 Å². The van der Waals surface area contributed by atoms with Gasteiger partial charge in [-0.1, -0.05) is 0 Å². The number of hydrogen-bond donors (Lipinski definition) is 1. The summed E-state index contributed by atoms with van der Waals surface area (Å²) in [5.41, 5.74) is 0.846. The van der Waals surface area contributed by atoms with E-state index >= 15 is 0 Å². The van der Waals surface area contributed by atoms with Crippen LogP contribution in [0, 0.1) is 0 Å². The number of imide groups is 1. The molecule has 1 aromatic heterocycles. The maximum atomic E-state index is 12.7. The number of hydrogen-bond acceptors (Lipinski definition) is 8. The van der Waals surface area contributed by atoms with Gasteiger partial charge in [-0.05, 0) is 48.5 Å². The lowest BCUT2D eigenvalue weighted by Crippen LogP contribution is -2.28. The van der Waals surface area contributed by atoms with Gasteiger partial charge >= 0.3 is 5.97 Å². The minimum atomic E-state index is -0.824. The maximum Gasteiger partial charge on any atom is 0.338 e. The molecule has 5 rings (SSSR count). The largest absolute Gasteiger partial charge is 0.482 e. The van der Waals surface area contributed by atoms with Gasteiger partial charge < -0.3 is 19.2 Å². The highest BCUT2D eigenvalue weighted by Crippen LogP contribution is 2.29. The Morgan fingerprint density at radius 3 is 2.56 bits per heavy atom. The van der Waals surface area contributed by atoms with Crippen molar-refractivity contribution in [1.82, 2.24) is 4.90 Å². The number of esters is 1. The Labute approximate surface area is 192 Å². The predicted octanol–water partition coefficient (Wildman–Crippen LogP) is 2.45. The lowest BCUT2D eigenvalue weighted by molar-refractivity contribution is -0.118. The fraction of sp³-hybridized carbons (Fsp3) is 0.125. The average Bonchev–Trinajstić information content (AvgIpc) is 3.44. The van der Waals surface area contributed by atoms with E-state index in [4.69, 9.17) is 13.9 Å². The Morgan fingerprint density at radius 2 is 1.76 bits per heavy atom. The van der Waals surface area contributed by atoms with Crippen molar-refractivity contribution in [2.45, 2.75) is 6.54 Å². The third-order valence-corrected chi connectivity index (χ3v) is 5.37. The molecule has 34 heavy (non-hydrogen) atoms. The van der Waals surface area contributed by atoms with Crippen molar-refractivity contribution in [2.75, 3.05) is 18.5 Å². The van der Waals surface area contributed by atoms with Crippen molar-refractivity contribution in [1.29, 1.82) is 0 Å². The van der Waals surface area contributed by atoms with Crippen molar-refractivity contribution in [3.63, 3.8) is 0 Å². The molecule has 2 aromatic carbocycles. The number of nitrogens with one attached hydrogen (secondary N) is 1. The molecule has 0 radical (unpaired) electrons. The summed E-state index contributed by atoms with van der Waals surface area (Å²) in [6, 6.07) is 11.8. The first-order chi connectivity index (χ1) is 16.4. The van der Waals surface area contributed by atoms with Crippen molar-refractivity contribution in [2.24, 2.45) is 0 Å². The van der Waals surface area contributed by atoms with Gasteiger partial charge in [-0.25, -0.2) is 4.79 Å². The Bertz CT molecular complexity index is 1360. The highest BCUT2D eigenvalue weighted by molar-refractivity contribution is 6.21. The number of nitrogens with zero attached hydrogens (tertiary/aromatic N) is 1. The summed E-state index contributed by atoms with van der Waals surface area (Å²) in [5, 5.41) is 2.60. The van der Waals surface area contributed by atoms with E-state index in [1.807, 2.05) is 0 Å². The minimum absolute atomic E-state index is 0.0265. The Morgan fingerprint density at radius 1 is 0.971 bits per heavy atom. The summed E-state index contributed by atoms with van der Waals surface area (Å²) in [4.78, 5) is 62.8. The van der Waals surface area contributed by atoms with E-state index in [0.717, 1.165) is 4.90 Å². The zero-order valence-electron chi connectivity index (χ0n) is 17.5. The van der Waals surface area contributed by atoms with Gasteiger partial charge in [-0.3, -0.25) is 24.1 Å². The number of anilines is 1. The average molecular weight is 460 g/mol. The first-order valence-electron chi connectivity index (χ1n) is 10.2. The molecule has 3 aromatic rings. The summed E-state index contributed by atoms with van der Waals surface area (Å²) in [6.45, 7) is -0.686. The van der Waals surface area contributed by atoms with E-state index in [0.29, 0.717) is 17.2 Å². The number of rotatable bonds is 6. The molecule has 170 valence electrons. The highest BCUT2D eigenvalue weighted by Gasteiger charge is 2.36. The molecule has 1 N–H and O–H groups in total. The third kappa shape index (κ3) is 3.81. The third-order valence-electron chi connectivity index (χ3n) is 5.37. The van der Waals surface area contributed by atoms with Crippen LogP contribution < -0.4 is 10.1 Å². The van der Waals surface area contributed by atoms with Gasteiger partial charge in [0.05, 0.1) is 35.2 Å². The number of amides is 3. The van der Waals surface area contributed by atoms with Crippen LogP contribution in [-0.2, 0) is 16.1 Å². The lowest BCUT2D eigenvalue weighted by atomic mass is 10.1. The van der Waals surface area contributed by atoms with E-state index in [-0.39, 0.29) is 41.3 Å². The molecule has 2 aliphatic rings. The second kappa shape index (κ2) is 8.32. The van der Waals surface area contributed by atoms with Crippen molar-refractivity contribution >= 4 is 35.2 Å². The van der Waals surface area contributed by atoms with E-state index in [9.17, 15) is 24.0 Å². The smallest absolute Gasteiger partial charge is 0.338 e. The topological polar surface area (TPSA) is 132 Å². The Hall–Kier alpha value is -4.73. The van der Waals surface area contributed by atoms with Gasteiger partial charge in [-0.15, -0.1) is 0 Å². The SMILES string of the molecule is O=C1COc2ccc(C(=O)COC(=O)c3ccc4c(c3)C(=O)N(Cc3ccco3)C4=O)cc2N1. The number of benzene rings is 2. The molecule has 10 nitrogen and oxygen atoms in total. The minimum Gasteiger partial charge on any atom is -0.482 e. The second-order valence-electron chi connectivity index (χ2n) is 7.58. The molecule has 0 unspecified atom stereocenters. The summed E-state index contributed by atoms with van der Waals surface area (Å²) < 4.78 is 15.6. The monoisotopic (exact) mass is 460 g/mol. The van der Waals surface area contributed by atoms with Crippen molar-refractivity contribution in [3.8, 4) is 5.75 Å². The number of Topliss-reactive ketones (excluding diaryl/α,β-unsaturated/α-hetero) is 1. The fourth-order valence-corrected chi connectivity index (χ4v) is 3.67. The van der Waals surface area contributed by atoms with E-state index in [1.54, 1.807) is 18.2 Å². The van der Waals surface area contributed by atoms with Crippen molar-refractivity contribution in [3.05, 3.63) is 82.8 Å². The van der Waals surface area contributed by atoms with Crippen LogP contribution in [-0.4, -0.2) is 47.6 Å². The molecule has 0 fully saturated rings. The molecule has 0 spiro atoms. The van der Waals surface area contributed by atoms with Gasteiger partial charge in [0.25, 0.3) is 17.7 Å². The van der Waals surface area contributed by atoms with Gasteiger partial charge in [-0.2, -0.15) is 0 Å². The lowest BCUT2D eigenvalue weighted by Gasteiger charge is -2.18. The summed E-state index contributed by atoms with van der Waals surface area (Å²) in [5.74, 6) is -1.82.